The molecule has 0 atom stereocenters. The number of nitrogens with zero attached hydrogens (tertiary/aromatic N) is 4. The molecule has 2 heterocycles. The number of amides is 1. The minimum atomic E-state index is -4.66. The number of halogens is 3. The van der Waals surface area contributed by atoms with Crippen molar-refractivity contribution in [3.63, 3.8) is 0 Å². The Labute approximate surface area is 201 Å². The number of hydrogen-bond donors (Lipinski definition) is 1. The zero-order valence-corrected chi connectivity index (χ0v) is 18.8. The number of alkyl halides is 3. The summed E-state index contributed by atoms with van der Waals surface area (Å²) in [6.45, 7) is 1.23. The molecule has 182 valence electrons. The van der Waals surface area contributed by atoms with Gasteiger partial charge in [-0.2, -0.15) is 13.2 Å². The average Bonchev–Trinajstić information content (AvgIpc) is 3.16. The minimum Gasteiger partial charge on any atom is -0.436 e. The maximum absolute atomic E-state index is 13.3. The molecule has 1 N–H and O–H groups in total. The van der Waals surface area contributed by atoms with Crippen LogP contribution in [0.5, 0.6) is 11.6 Å². The molecule has 2 aromatic heterocycles. The average molecular weight is 493 g/mol. The third-order valence-electron chi connectivity index (χ3n) is 5.48. The first-order valence-corrected chi connectivity index (χ1v) is 10.8. The summed E-state index contributed by atoms with van der Waals surface area (Å²) in [6, 6.07) is 18.6. The largest absolute Gasteiger partial charge is 0.436 e. The molecule has 5 rings (SSSR count). The predicted molar refractivity (Wildman–Crippen MR) is 126 cm³/mol. The van der Waals surface area contributed by atoms with E-state index < -0.39 is 35.6 Å². The lowest BCUT2D eigenvalue weighted by molar-refractivity contribution is -0.137. The number of benzene rings is 3. The fraction of sp³-hybridized carbons (Fsp3) is 0.120. The van der Waals surface area contributed by atoms with Gasteiger partial charge in [-0.25, -0.2) is 18.9 Å². The number of ether oxygens (including phenoxy) is 1. The Kier molecular flexibility index (Phi) is 5.67. The van der Waals surface area contributed by atoms with Crippen LogP contribution in [0.1, 0.15) is 11.1 Å². The number of para-hydroxylation sites is 4. The highest BCUT2D eigenvalue weighted by atomic mass is 19.4. The second kappa shape index (κ2) is 8.84. The standard InChI is InChI=1S/C25H18F3N5O3/c1-15-8-2-7-13-20(15)36-23-22-31-32(24(35)33(22)19-12-6-5-11-18(19)30-23)14-21(34)29-17-10-4-3-9-16(17)25(26,27)28/h2-13H,14H2,1H3,(H,29,34). The molecular formula is C25H18F3N5O3. The number of aryl methyl sites for hydroxylation is 1. The van der Waals surface area contributed by atoms with Gasteiger partial charge in [-0.15, -0.1) is 5.10 Å². The number of fused-ring (bicyclic) bond motifs is 3. The van der Waals surface area contributed by atoms with E-state index in [2.05, 4.69) is 15.4 Å². The topological polar surface area (TPSA) is 90.5 Å². The van der Waals surface area contributed by atoms with Crippen molar-refractivity contribution in [2.45, 2.75) is 19.6 Å². The molecule has 5 aromatic rings. The molecule has 0 spiro atoms. The smallest absolute Gasteiger partial charge is 0.418 e. The maximum Gasteiger partial charge on any atom is 0.418 e. The lowest BCUT2D eigenvalue weighted by Crippen LogP contribution is -2.29. The molecule has 0 aliphatic heterocycles. The van der Waals surface area contributed by atoms with E-state index >= 15 is 0 Å². The highest BCUT2D eigenvalue weighted by molar-refractivity contribution is 5.91. The quantitative estimate of drug-likeness (QED) is 0.380. The summed E-state index contributed by atoms with van der Waals surface area (Å²) in [6.07, 6.45) is -4.66. The Hall–Kier alpha value is -4.67. The maximum atomic E-state index is 13.3. The first-order valence-electron chi connectivity index (χ1n) is 10.8. The van der Waals surface area contributed by atoms with E-state index in [9.17, 15) is 22.8 Å². The van der Waals surface area contributed by atoms with E-state index in [1.165, 1.54) is 16.5 Å². The van der Waals surface area contributed by atoms with E-state index in [1.807, 2.05) is 19.1 Å². The molecule has 8 nitrogen and oxygen atoms in total. The van der Waals surface area contributed by atoms with Crippen LogP contribution in [0.15, 0.2) is 77.6 Å². The van der Waals surface area contributed by atoms with Crippen molar-refractivity contribution in [3.05, 3.63) is 94.4 Å². The van der Waals surface area contributed by atoms with Gasteiger partial charge >= 0.3 is 11.9 Å². The zero-order valence-electron chi connectivity index (χ0n) is 18.8. The molecule has 0 fully saturated rings. The second-order valence-corrected chi connectivity index (χ2v) is 7.96. The molecule has 0 aliphatic carbocycles. The van der Waals surface area contributed by atoms with Crippen LogP contribution in [0.25, 0.3) is 16.7 Å². The van der Waals surface area contributed by atoms with Crippen molar-refractivity contribution >= 4 is 28.3 Å². The van der Waals surface area contributed by atoms with Crippen LogP contribution < -0.4 is 15.7 Å². The predicted octanol–water partition coefficient (Wildman–Crippen LogP) is 4.80. The van der Waals surface area contributed by atoms with Crippen molar-refractivity contribution in [1.82, 2.24) is 19.2 Å². The molecule has 11 heteroatoms. The van der Waals surface area contributed by atoms with Gasteiger partial charge in [-0.1, -0.05) is 42.5 Å². The van der Waals surface area contributed by atoms with E-state index in [-0.39, 0.29) is 11.5 Å². The van der Waals surface area contributed by atoms with Gasteiger partial charge in [0.05, 0.1) is 22.3 Å². The Morgan fingerprint density at radius 2 is 1.69 bits per heavy atom. The molecule has 0 saturated carbocycles. The molecule has 3 aromatic carbocycles. The summed E-state index contributed by atoms with van der Waals surface area (Å²) < 4.78 is 48.0. The lowest BCUT2D eigenvalue weighted by atomic mass is 10.1. The summed E-state index contributed by atoms with van der Waals surface area (Å²) in [4.78, 5) is 30.4. The van der Waals surface area contributed by atoms with Crippen LogP contribution in [0.4, 0.5) is 18.9 Å². The van der Waals surface area contributed by atoms with E-state index in [4.69, 9.17) is 4.74 Å². The minimum absolute atomic E-state index is 0.0432. The van der Waals surface area contributed by atoms with Crippen LogP contribution in [0.2, 0.25) is 0 Å². The molecular weight excluding hydrogens is 475 g/mol. The monoisotopic (exact) mass is 493 g/mol. The number of nitrogens with one attached hydrogen (secondary N) is 1. The lowest BCUT2D eigenvalue weighted by Gasteiger charge is -2.13. The van der Waals surface area contributed by atoms with Gasteiger partial charge in [0.2, 0.25) is 11.6 Å². The fourth-order valence-corrected chi connectivity index (χ4v) is 3.78. The molecule has 1 amide bonds. The van der Waals surface area contributed by atoms with E-state index in [1.54, 1.807) is 36.4 Å². The SMILES string of the molecule is Cc1ccccc1Oc1nc2ccccc2n2c(=O)n(CC(=O)Nc3ccccc3C(F)(F)F)nc12. The summed E-state index contributed by atoms with van der Waals surface area (Å²) >= 11 is 0. The first-order chi connectivity index (χ1) is 17.2. The highest BCUT2D eigenvalue weighted by Crippen LogP contribution is 2.34. The van der Waals surface area contributed by atoms with Gasteiger partial charge in [0, 0.05) is 0 Å². The fourth-order valence-electron chi connectivity index (χ4n) is 3.78. The van der Waals surface area contributed by atoms with Crippen LogP contribution >= 0.6 is 0 Å². The third kappa shape index (κ3) is 4.26. The Bertz CT molecular complexity index is 1670. The van der Waals surface area contributed by atoms with Gasteiger partial charge in [0.15, 0.2) is 0 Å². The molecule has 0 unspecified atom stereocenters. The number of aromatic nitrogens is 4. The van der Waals surface area contributed by atoms with Gasteiger partial charge in [-0.3, -0.25) is 4.79 Å². The van der Waals surface area contributed by atoms with Gasteiger partial charge < -0.3 is 10.1 Å². The third-order valence-corrected chi connectivity index (χ3v) is 5.48. The zero-order chi connectivity index (χ0) is 25.4. The Morgan fingerprint density at radius 1 is 1.00 bits per heavy atom. The van der Waals surface area contributed by atoms with Crippen molar-refractivity contribution in [1.29, 1.82) is 0 Å². The Balaban J connectivity index is 1.55. The van der Waals surface area contributed by atoms with Crippen molar-refractivity contribution in [2.75, 3.05) is 5.32 Å². The van der Waals surface area contributed by atoms with E-state index in [0.29, 0.717) is 16.8 Å². The van der Waals surface area contributed by atoms with Crippen molar-refractivity contribution < 1.29 is 22.7 Å². The molecule has 0 aliphatic rings. The summed E-state index contributed by atoms with van der Waals surface area (Å²) in [5.74, 6) is -0.303. The van der Waals surface area contributed by atoms with Crippen LogP contribution in [-0.4, -0.2) is 25.1 Å². The Morgan fingerprint density at radius 3 is 2.47 bits per heavy atom. The number of anilines is 1. The van der Waals surface area contributed by atoms with Gasteiger partial charge in [0.25, 0.3) is 5.88 Å². The molecule has 0 radical (unpaired) electrons. The number of rotatable bonds is 5. The van der Waals surface area contributed by atoms with E-state index in [0.717, 1.165) is 22.4 Å². The summed E-state index contributed by atoms with van der Waals surface area (Å²) in [7, 11) is 0. The van der Waals surface area contributed by atoms with Crippen LogP contribution in [0, 0.1) is 6.92 Å². The van der Waals surface area contributed by atoms with Gasteiger partial charge in [0.1, 0.15) is 12.3 Å². The van der Waals surface area contributed by atoms with Crippen molar-refractivity contribution in [2.24, 2.45) is 0 Å². The number of carbonyl (C=O) groups is 1. The van der Waals surface area contributed by atoms with Crippen LogP contribution in [0.3, 0.4) is 0 Å². The second-order valence-electron chi connectivity index (χ2n) is 7.96. The number of carbonyl (C=O) groups excluding carboxylic acids is 1. The molecule has 0 bridgehead atoms. The highest BCUT2D eigenvalue weighted by Gasteiger charge is 2.33. The summed E-state index contributed by atoms with van der Waals surface area (Å²) in [5.41, 5.74) is -0.298. The number of hydrogen-bond acceptors (Lipinski definition) is 5. The van der Waals surface area contributed by atoms with Crippen molar-refractivity contribution in [3.8, 4) is 11.6 Å². The molecule has 0 saturated heterocycles. The molecule has 36 heavy (non-hydrogen) atoms. The van der Waals surface area contributed by atoms with Gasteiger partial charge in [-0.05, 0) is 42.8 Å². The normalized spacial score (nSPS) is 11.7. The summed E-state index contributed by atoms with van der Waals surface area (Å²) in [5, 5.41) is 6.46. The van der Waals surface area contributed by atoms with Crippen LogP contribution in [-0.2, 0) is 17.5 Å². The first kappa shape index (κ1) is 23.1.